The molecule has 1 atom stereocenters. The van der Waals surface area contributed by atoms with Gasteiger partial charge in [-0.3, -0.25) is 14.5 Å². The van der Waals surface area contributed by atoms with Gasteiger partial charge in [0.15, 0.2) is 0 Å². The van der Waals surface area contributed by atoms with Gasteiger partial charge in [-0.25, -0.2) is 4.68 Å². The van der Waals surface area contributed by atoms with E-state index in [1.165, 1.54) is 0 Å². The molecule has 1 aliphatic heterocycles. The van der Waals surface area contributed by atoms with Gasteiger partial charge in [-0.2, -0.15) is 5.10 Å². The Morgan fingerprint density at radius 2 is 1.90 bits per heavy atom. The third kappa shape index (κ3) is 5.03. The van der Waals surface area contributed by atoms with Crippen molar-refractivity contribution in [2.24, 2.45) is 0 Å². The first-order chi connectivity index (χ1) is 13.9. The molecule has 0 spiro atoms. The van der Waals surface area contributed by atoms with Crippen molar-refractivity contribution < 1.29 is 14.7 Å². The number of aliphatic carboxylic acids is 1. The standard InChI is InChI=1S/C22H30N4O3/c1-16-20(17(2)26(23-16)19-8-5-4-6-9-19)14-21(27)25-12-7-10-18(11-13-25)24(3)15-22(28)29/h4-6,8-9,18H,7,10-15H2,1-3H3,(H,28,29). The summed E-state index contributed by atoms with van der Waals surface area (Å²) in [5.74, 6) is -0.698. The molecule has 1 N–H and O–H groups in total. The molecule has 0 aliphatic carbocycles. The Balaban J connectivity index is 1.66. The third-order valence-electron chi connectivity index (χ3n) is 5.83. The molecule has 0 saturated carbocycles. The van der Waals surface area contributed by atoms with Crippen molar-refractivity contribution in [1.82, 2.24) is 19.6 Å². The van der Waals surface area contributed by atoms with E-state index in [9.17, 15) is 9.59 Å². The summed E-state index contributed by atoms with van der Waals surface area (Å²) in [6.45, 7) is 5.39. The Morgan fingerprint density at radius 3 is 2.59 bits per heavy atom. The van der Waals surface area contributed by atoms with Crippen LogP contribution in [0.3, 0.4) is 0 Å². The first-order valence-corrected chi connectivity index (χ1v) is 10.2. The lowest BCUT2D eigenvalue weighted by atomic mass is 10.1. The van der Waals surface area contributed by atoms with Crippen LogP contribution in [0.4, 0.5) is 0 Å². The predicted octanol–water partition coefficient (Wildman–Crippen LogP) is 2.43. The van der Waals surface area contributed by atoms with Gasteiger partial charge < -0.3 is 10.0 Å². The molecule has 1 unspecified atom stereocenters. The Kier molecular flexibility index (Phi) is 6.69. The number of para-hydroxylation sites is 1. The molecule has 2 aromatic rings. The van der Waals surface area contributed by atoms with Gasteiger partial charge in [0.25, 0.3) is 0 Å². The van der Waals surface area contributed by atoms with Gasteiger partial charge in [0.05, 0.1) is 24.3 Å². The second-order valence-electron chi connectivity index (χ2n) is 7.85. The Morgan fingerprint density at radius 1 is 1.17 bits per heavy atom. The second-order valence-corrected chi connectivity index (χ2v) is 7.85. The molecular weight excluding hydrogens is 368 g/mol. The summed E-state index contributed by atoms with van der Waals surface area (Å²) >= 11 is 0. The van der Waals surface area contributed by atoms with E-state index >= 15 is 0 Å². The zero-order valence-corrected chi connectivity index (χ0v) is 17.5. The van der Waals surface area contributed by atoms with Crippen LogP contribution in [0.2, 0.25) is 0 Å². The lowest BCUT2D eigenvalue weighted by molar-refractivity contribution is -0.138. The maximum absolute atomic E-state index is 13.0. The van der Waals surface area contributed by atoms with E-state index in [-0.39, 0.29) is 18.5 Å². The molecule has 156 valence electrons. The number of carboxylic acid groups (broad SMARTS) is 1. The van der Waals surface area contributed by atoms with E-state index in [0.717, 1.165) is 48.4 Å². The number of aryl methyl sites for hydroxylation is 1. The van der Waals surface area contributed by atoms with Crippen LogP contribution in [-0.4, -0.2) is 69.3 Å². The molecule has 1 saturated heterocycles. The number of hydrogen-bond donors (Lipinski definition) is 1. The highest BCUT2D eigenvalue weighted by Gasteiger charge is 2.25. The third-order valence-corrected chi connectivity index (χ3v) is 5.83. The van der Waals surface area contributed by atoms with Crippen LogP contribution >= 0.6 is 0 Å². The minimum atomic E-state index is -0.814. The smallest absolute Gasteiger partial charge is 0.317 e. The second kappa shape index (κ2) is 9.22. The van der Waals surface area contributed by atoms with E-state index in [4.69, 9.17) is 5.11 Å². The highest BCUT2D eigenvalue weighted by Crippen LogP contribution is 2.21. The van der Waals surface area contributed by atoms with Gasteiger partial charge in [-0.1, -0.05) is 18.2 Å². The molecule has 7 nitrogen and oxygen atoms in total. The average Bonchev–Trinajstić information content (AvgIpc) is 2.88. The molecule has 1 fully saturated rings. The van der Waals surface area contributed by atoms with E-state index < -0.39 is 5.97 Å². The van der Waals surface area contributed by atoms with Gasteiger partial charge in [-0.15, -0.1) is 0 Å². The summed E-state index contributed by atoms with van der Waals surface area (Å²) < 4.78 is 1.90. The van der Waals surface area contributed by atoms with Crippen molar-refractivity contribution in [2.45, 2.75) is 45.6 Å². The SMILES string of the molecule is Cc1nn(-c2ccccc2)c(C)c1CC(=O)N1CCCC(N(C)CC(=O)O)CC1. The van der Waals surface area contributed by atoms with Gasteiger partial charge in [-0.05, 0) is 52.3 Å². The monoisotopic (exact) mass is 398 g/mol. The topological polar surface area (TPSA) is 78.7 Å². The number of likely N-dealkylation sites (N-methyl/N-ethyl adjacent to an activating group) is 1. The largest absolute Gasteiger partial charge is 0.480 e. The number of carbonyl (C=O) groups excluding carboxylic acids is 1. The summed E-state index contributed by atoms with van der Waals surface area (Å²) in [5.41, 5.74) is 3.86. The van der Waals surface area contributed by atoms with Crippen LogP contribution in [0.5, 0.6) is 0 Å². The molecule has 1 aromatic heterocycles. The maximum atomic E-state index is 13.0. The molecule has 29 heavy (non-hydrogen) atoms. The Bertz CT molecular complexity index is 862. The van der Waals surface area contributed by atoms with Crippen LogP contribution in [0, 0.1) is 13.8 Å². The number of carboxylic acids is 1. The normalized spacial score (nSPS) is 17.4. The quantitative estimate of drug-likeness (QED) is 0.809. The first kappa shape index (κ1) is 21.0. The van der Waals surface area contributed by atoms with Crippen molar-refractivity contribution in [2.75, 3.05) is 26.7 Å². The molecule has 0 radical (unpaired) electrons. The van der Waals surface area contributed by atoms with Crippen molar-refractivity contribution in [1.29, 1.82) is 0 Å². The lowest BCUT2D eigenvalue weighted by Gasteiger charge is -2.25. The Labute approximate surface area is 171 Å². The molecule has 1 aliphatic rings. The van der Waals surface area contributed by atoms with E-state index in [2.05, 4.69) is 5.10 Å². The number of aromatic nitrogens is 2. The first-order valence-electron chi connectivity index (χ1n) is 10.2. The fourth-order valence-corrected chi connectivity index (χ4v) is 4.13. The van der Waals surface area contributed by atoms with Gasteiger partial charge in [0, 0.05) is 30.4 Å². The van der Waals surface area contributed by atoms with Crippen molar-refractivity contribution in [3.8, 4) is 5.69 Å². The Hall–Kier alpha value is -2.67. The number of nitrogens with zero attached hydrogens (tertiary/aromatic N) is 4. The van der Waals surface area contributed by atoms with E-state index in [1.54, 1.807) is 0 Å². The number of carbonyl (C=O) groups is 2. The summed E-state index contributed by atoms with van der Waals surface area (Å²) in [6.07, 6.45) is 2.95. The van der Waals surface area contributed by atoms with Crippen LogP contribution in [0.25, 0.3) is 5.69 Å². The van der Waals surface area contributed by atoms with Crippen molar-refractivity contribution >= 4 is 11.9 Å². The zero-order valence-electron chi connectivity index (χ0n) is 17.5. The number of likely N-dealkylation sites (tertiary alicyclic amines) is 1. The fraction of sp³-hybridized carbons (Fsp3) is 0.500. The van der Waals surface area contributed by atoms with Gasteiger partial charge in [0.1, 0.15) is 0 Å². The number of hydrogen-bond acceptors (Lipinski definition) is 4. The van der Waals surface area contributed by atoms with E-state index in [0.29, 0.717) is 13.0 Å². The van der Waals surface area contributed by atoms with E-state index in [1.807, 2.05) is 65.7 Å². The van der Waals surface area contributed by atoms with Gasteiger partial charge >= 0.3 is 5.97 Å². The summed E-state index contributed by atoms with van der Waals surface area (Å²) in [5, 5.41) is 13.7. The molecule has 2 heterocycles. The number of amides is 1. The van der Waals surface area contributed by atoms with Crippen LogP contribution < -0.4 is 0 Å². The molecule has 7 heteroatoms. The highest BCUT2D eigenvalue weighted by molar-refractivity contribution is 5.79. The molecule has 1 amide bonds. The predicted molar refractivity (Wildman–Crippen MR) is 111 cm³/mol. The molecular formula is C22H30N4O3. The maximum Gasteiger partial charge on any atom is 0.317 e. The molecule has 1 aromatic carbocycles. The number of benzene rings is 1. The van der Waals surface area contributed by atoms with Crippen LogP contribution in [0.1, 0.15) is 36.2 Å². The van der Waals surface area contributed by atoms with Crippen molar-refractivity contribution in [3.05, 3.63) is 47.3 Å². The summed E-state index contributed by atoms with van der Waals surface area (Å²) in [4.78, 5) is 27.8. The van der Waals surface area contributed by atoms with Gasteiger partial charge in [0.2, 0.25) is 5.91 Å². The zero-order chi connectivity index (χ0) is 21.0. The molecule has 0 bridgehead atoms. The number of rotatable bonds is 6. The van der Waals surface area contributed by atoms with Crippen molar-refractivity contribution in [3.63, 3.8) is 0 Å². The molecule has 3 rings (SSSR count). The lowest BCUT2D eigenvalue weighted by Crippen LogP contribution is -2.37. The minimum absolute atomic E-state index is 0.0374. The van der Waals surface area contributed by atoms with Crippen LogP contribution in [-0.2, 0) is 16.0 Å². The van der Waals surface area contributed by atoms with Crippen LogP contribution in [0.15, 0.2) is 30.3 Å². The summed E-state index contributed by atoms with van der Waals surface area (Å²) in [6, 6.07) is 10.1. The summed E-state index contributed by atoms with van der Waals surface area (Å²) in [7, 11) is 1.85. The fourth-order valence-electron chi connectivity index (χ4n) is 4.13. The highest BCUT2D eigenvalue weighted by atomic mass is 16.4. The minimum Gasteiger partial charge on any atom is -0.480 e. The average molecular weight is 399 g/mol.